The number of hydrogen-bond donors (Lipinski definition) is 1. The number of nitrogens with one attached hydrogen (secondary N) is 1. The maximum Gasteiger partial charge on any atom is 0.0598 e. The first-order valence-electron chi connectivity index (χ1n) is 5.56. The lowest BCUT2D eigenvalue weighted by atomic mass is 10.1. The lowest BCUT2D eigenvalue weighted by molar-refractivity contribution is 0.270. The Morgan fingerprint density at radius 2 is 2.14 bits per heavy atom. The molecule has 0 spiro atoms. The van der Waals surface area contributed by atoms with Gasteiger partial charge in [0.1, 0.15) is 0 Å². The zero-order chi connectivity index (χ0) is 10.8. The molecule has 0 saturated heterocycles. The molecule has 0 heterocycles. The normalized spacial score (nSPS) is 12.8. The maximum absolute atomic E-state index is 5.26. The molecule has 2 nitrogen and oxygen atoms in total. The van der Waals surface area contributed by atoms with Gasteiger partial charge >= 0.3 is 0 Å². The highest BCUT2D eigenvalue weighted by Crippen LogP contribution is 2.02. The lowest BCUT2D eigenvalue weighted by Gasteiger charge is -2.22. The summed E-state index contributed by atoms with van der Waals surface area (Å²) in [5.74, 6) is 2.67. The average Bonchev–Trinajstić information content (AvgIpc) is 2.17. The van der Waals surface area contributed by atoms with Gasteiger partial charge in [-0.3, -0.25) is 4.90 Å². The molecule has 0 aliphatic heterocycles. The van der Waals surface area contributed by atoms with Crippen molar-refractivity contribution in [3.8, 4) is 12.3 Å². The van der Waals surface area contributed by atoms with E-state index in [1.807, 2.05) is 0 Å². The highest BCUT2D eigenvalue weighted by Gasteiger charge is 2.06. The molecule has 1 atom stereocenters. The third-order valence-corrected chi connectivity index (χ3v) is 2.50. The third kappa shape index (κ3) is 6.94. The van der Waals surface area contributed by atoms with Gasteiger partial charge in [-0.25, -0.2) is 0 Å². The van der Waals surface area contributed by atoms with Crippen molar-refractivity contribution in [1.29, 1.82) is 0 Å². The summed E-state index contributed by atoms with van der Waals surface area (Å²) in [6.07, 6.45) is 8.92. The standard InChI is InChI=1S/C12H24N2/c1-5-9-13-10-7-8-12(3)14(4)11-6-2/h2,12-13H,5,7-11H2,1,3-4H3. The minimum atomic E-state index is 0.592. The number of rotatable bonds is 8. The maximum atomic E-state index is 5.26. The van der Waals surface area contributed by atoms with Gasteiger partial charge in [-0.1, -0.05) is 12.8 Å². The molecule has 82 valence electrons. The zero-order valence-corrected chi connectivity index (χ0v) is 9.84. The van der Waals surface area contributed by atoms with Gasteiger partial charge in [-0.05, 0) is 46.3 Å². The van der Waals surface area contributed by atoms with Crippen LogP contribution in [-0.2, 0) is 0 Å². The van der Waals surface area contributed by atoms with Crippen LogP contribution in [0, 0.1) is 12.3 Å². The van der Waals surface area contributed by atoms with Crippen LogP contribution in [0.25, 0.3) is 0 Å². The van der Waals surface area contributed by atoms with E-state index in [2.05, 4.69) is 37.0 Å². The van der Waals surface area contributed by atoms with E-state index in [-0.39, 0.29) is 0 Å². The van der Waals surface area contributed by atoms with Crippen LogP contribution in [0.15, 0.2) is 0 Å². The second-order valence-electron chi connectivity index (χ2n) is 3.86. The van der Waals surface area contributed by atoms with Crippen LogP contribution < -0.4 is 5.32 Å². The molecule has 2 heteroatoms. The number of terminal acetylenes is 1. The second-order valence-corrected chi connectivity index (χ2v) is 3.86. The van der Waals surface area contributed by atoms with Crippen LogP contribution in [0.5, 0.6) is 0 Å². The minimum Gasteiger partial charge on any atom is -0.317 e. The average molecular weight is 196 g/mol. The summed E-state index contributed by atoms with van der Waals surface area (Å²) >= 11 is 0. The molecular formula is C12H24N2. The molecule has 0 radical (unpaired) electrons. The molecule has 0 bridgehead atoms. The summed E-state index contributed by atoms with van der Waals surface area (Å²) in [6.45, 7) is 7.44. The van der Waals surface area contributed by atoms with Gasteiger partial charge in [-0.15, -0.1) is 6.42 Å². The molecule has 0 rings (SSSR count). The van der Waals surface area contributed by atoms with Gasteiger partial charge in [0.2, 0.25) is 0 Å². The van der Waals surface area contributed by atoms with E-state index in [9.17, 15) is 0 Å². The summed E-state index contributed by atoms with van der Waals surface area (Å²) in [4.78, 5) is 2.22. The summed E-state index contributed by atoms with van der Waals surface area (Å²) in [5, 5.41) is 3.40. The first kappa shape index (κ1) is 13.5. The van der Waals surface area contributed by atoms with E-state index in [1.165, 1.54) is 19.3 Å². The van der Waals surface area contributed by atoms with Crippen LogP contribution in [-0.4, -0.2) is 37.6 Å². The molecule has 0 aromatic carbocycles. The fourth-order valence-electron chi connectivity index (χ4n) is 1.34. The molecule has 14 heavy (non-hydrogen) atoms. The summed E-state index contributed by atoms with van der Waals surface area (Å²) in [6, 6.07) is 0.592. The molecule has 0 amide bonds. The van der Waals surface area contributed by atoms with Gasteiger partial charge in [0.25, 0.3) is 0 Å². The van der Waals surface area contributed by atoms with Crippen molar-refractivity contribution in [3.63, 3.8) is 0 Å². The fraction of sp³-hybridized carbons (Fsp3) is 0.833. The topological polar surface area (TPSA) is 15.3 Å². The molecule has 0 fully saturated rings. The molecule has 0 aromatic rings. The van der Waals surface area contributed by atoms with Gasteiger partial charge in [0, 0.05) is 6.04 Å². The fourth-order valence-corrected chi connectivity index (χ4v) is 1.34. The predicted molar refractivity (Wildman–Crippen MR) is 63.3 cm³/mol. The van der Waals surface area contributed by atoms with Gasteiger partial charge < -0.3 is 5.32 Å². The third-order valence-electron chi connectivity index (χ3n) is 2.50. The Kier molecular flexibility index (Phi) is 8.72. The number of hydrogen-bond acceptors (Lipinski definition) is 2. The van der Waals surface area contributed by atoms with Crippen molar-refractivity contribution >= 4 is 0 Å². The molecule has 1 N–H and O–H groups in total. The van der Waals surface area contributed by atoms with E-state index in [4.69, 9.17) is 6.42 Å². The van der Waals surface area contributed by atoms with E-state index in [0.717, 1.165) is 19.6 Å². The minimum absolute atomic E-state index is 0.592. The van der Waals surface area contributed by atoms with Crippen molar-refractivity contribution in [2.75, 3.05) is 26.7 Å². The van der Waals surface area contributed by atoms with Crippen LogP contribution in [0.1, 0.15) is 33.1 Å². The predicted octanol–water partition coefficient (Wildman–Crippen LogP) is 1.72. The Morgan fingerprint density at radius 1 is 1.43 bits per heavy atom. The Morgan fingerprint density at radius 3 is 2.71 bits per heavy atom. The lowest BCUT2D eigenvalue weighted by Crippen LogP contribution is -2.30. The van der Waals surface area contributed by atoms with Crippen molar-refractivity contribution in [2.24, 2.45) is 0 Å². The highest BCUT2D eigenvalue weighted by atomic mass is 15.1. The monoisotopic (exact) mass is 196 g/mol. The highest BCUT2D eigenvalue weighted by molar-refractivity contribution is 4.88. The van der Waals surface area contributed by atoms with E-state index in [0.29, 0.717) is 6.04 Å². The Hall–Kier alpha value is -0.520. The first-order valence-corrected chi connectivity index (χ1v) is 5.56. The largest absolute Gasteiger partial charge is 0.317 e. The van der Waals surface area contributed by atoms with E-state index >= 15 is 0 Å². The number of nitrogens with zero attached hydrogens (tertiary/aromatic N) is 1. The zero-order valence-electron chi connectivity index (χ0n) is 9.84. The smallest absolute Gasteiger partial charge is 0.0598 e. The molecule has 1 unspecified atom stereocenters. The van der Waals surface area contributed by atoms with Crippen molar-refractivity contribution in [2.45, 2.75) is 39.2 Å². The van der Waals surface area contributed by atoms with Gasteiger partial charge in [-0.2, -0.15) is 0 Å². The second kappa shape index (κ2) is 9.05. The quantitative estimate of drug-likeness (QED) is 0.470. The summed E-state index contributed by atoms with van der Waals surface area (Å²) in [5.41, 5.74) is 0. The van der Waals surface area contributed by atoms with Gasteiger partial charge in [0.05, 0.1) is 6.54 Å². The van der Waals surface area contributed by atoms with E-state index < -0.39 is 0 Å². The Labute approximate surface area is 89.1 Å². The Bertz CT molecular complexity index is 160. The van der Waals surface area contributed by atoms with E-state index in [1.54, 1.807) is 0 Å². The molecule has 0 aromatic heterocycles. The molecule has 0 saturated carbocycles. The molecule has 0 aliphatic carbocycles. The van der Waals surface area contributed by atoms with Crippen LogP contribution in [0.2, 0.25) is 0 Å². The van der Waals surface area contributed by atoms with Crippen molar-refractivity contribution in [1.82, 2.24) is 10.2 Å². The van der Waals surface area contributed by atoms with Crippen LogP contribution in [0.4, 0.5) is 0 Å². The molecular weight excluding hydrogens is 172 g/mol. The first-order chi connectivity index (χ1) is 6.72. The molecule has 0 aliphatic rings. The summed E-state index contributed by atoms with van der Waals surface area (Å²) < 4.78 is 0. The van der Waals surface area contributed by atoms with Crippen LogP contribution in [0.3, 0.4) is 0 Å². The van der Waals surface area contributed by atoms with Crippen molar-refractivity contribution < 1.29 is 0 Å². The Balaban J connectivity index is 3.35. The van der Waals surface area contributed by atoms with Crippen LogP contribution >= 0.6 is 0 Å². The van der Waals surface area contributed by atoms with Crippen molar-refractivity contribution in [3.05, 3.63) is 0 Å². The SMILES string of the molecule is C#CCN(C)C(C)CCCNCCC. The summed E-state index contributed by atoms with van der Waals surface area (Å²) in [7, 11) is 2.09. The van der Waals surface area contributed by atoms with Gasteiger partial charge in [0.15, 0.2) is 0 Å².